The molecule has 0 unspecified atom stereocenters. The Morgan fingerprint density at radius 3 is 2.56 bits per heavy atom. The zero-order valence-corrected chi connectivity index (χ0v) is 10.1. The number of nitrogens with two attached hydrogens (primary N) is 1. The van der Waals surface area contributed by atoms with E-state index in [0.717, 1.165) is 0 Å². The molecule has 2 N–H and O–H groups in total. The van der Waals surface area contributed by atoms with E-state index in [1.165, 1.54) is 18.2 Å². The number of nitrogen functional groups attached to an aromatic ring is 1. The maximum Gasteiger partial charge on any atom is 0.516 e. The molecule has 8 heteroatoms. The molecule has 0 amide bonds. The summed E-state index contributed by atoms with van der Waals surface area (Å²) in [5, 5.41) is 0. The Balaban J connectivity index is 2.52. The predicted octanol–water partition coefficient (Wildman–Crippen LogP) is 1.87. The van der Waals surface area contributed by atoms with Crippen LogP contribution in [0.15, 0.2) is 18.2 Å². The van der Waals surface area contributed by atoms with Crippen molar-refractivity contribution in [2.75, 3.05) is 16.6 Å². The highest BCUT2D eigenvalue weighted by atomic mass is 32.2. The number of halogens is 3. The van der Waals surface area contributed by atoms with E-state index in [1.54, 1.807) is 0 Å². The van der Waals surface area contributed by atoms with Gasteiger partial charge >= 0.3 is 15.5 Å². The molecule has 1 aromatic carbocycles. The highest BCUT2D eigenvalue weighted by Crippen LogP contribution is 2.36. The normalized spacial score (nSPS) is 16.5. The molecule has 1 aliphatic rings. The highest BCUT2D eigenvalue weighted by molar-refractivity contribution is 7.93. The van der Waals surface area contributed by atoms with E-state index in [-0.39, 0.29) is 12.2 Å². The molecule has 1 aromatic rings. The maximum atomic E-state index is 12.5. The van der Waals surface area contributed by atoms with Gasteiger partial charge in [0.15, 0.2) is 0 Å². The van der Waals surface area contributed by atoms with Crippen LogP contribution in [-0.2, 0) is 16.4 Å². The van der Waals surface area contributed by atoms with Crippen molar-refractivity contribution in [1.29, 1.82) is 0 Å². The molecule has 1 heterocycles. The molecular formula is C10H11F3N2O2S. The molecule has 0 atom stereocenters. The Morgan fingerprint density at radius 1 is 1.28 bits per heavy atom. The number of alkyl halides is 3. The molecule has 0 saturated heterocycles. The van der Waals surface area contributed by atoms with Crippen LogP contribution in [0, 0.1) is 0 Å². The Morgan fingerprint density at radius 2 is 1.94 bits per heavy atom. The Hall–Kier alpha value is -1.44. The molecule has 1 aliphatic heterocycles. The van der Waals surface area contributed by atoms with Crippen molar-refractivity contribution in [1.82, 2.24) is 0 Å². The first kappa shape index (κ1) is 13.0. The minimum atomic E-state index is -5.33. The number of hydrogen-bond donors (Lipinski definition) is 1. The van der Waals surface area contributed by atoms with Crippen LogP contribution in [0.2, 0.25) is 0 Å². The van der Waals surface area contributed by atoms with E-state index >= 15 is 0 Å². The van der Waals surface area contributed by atoms with Crippen LogP contribution in [0.4, 0.5) is 24.5 Å². The molecular weight excluding hydrogens is 269 g/mol. The van der Waals surface area contributed by atoms with Crippen molar-refractivity contribution < 1.29 is 21.6 Å². The van der Waals surface area contributed by atoms with Crippen LogP contribution in [-0.4, -0.2) is 20.5 Å². The van der Waals surface area contributed by atoms with Gasteiger partial charge in [0.1, 0.15) is 0 Å². The van der Waals surface area contributed by atoms with Crippen molar-refractivity contribution in [3.63, 3.8) is 0 Å². The summed E-state index contributed by atoms with van der Waals surface area (Å²) in [6.45, 7) is -0.168. The number of sulfonamides is 1. The zero-order chi connectivity index (χ0) is 13.6. The Kier molecular flexibility index (Phi) is 2.92. The number of nitrogens with zero attached hydrogens (tertiary/aromatic N) is 1. The molecule has 4 nitrogen and oxygen atoms in total. The summed E-state index contributed by atoms with van der Waals surface area (Å²) in [5.41, 5.74) is 1.23. The first-order valence-electron chi connectivity index (χ1n) is 5.21. The van der Waals surface area contributed by atoms with Gasteiger partial charge in [-0.3, -0.25) is 4.31 Å². The SMILES string of the molecule is Nc1ccc2c(c1)CCCN2S(=O)(=O)C(F)(F)F. The van der Waals surface area contributed by atoms with Gasteiger partial charge in [0, 0.05) is 12.2 Å². The number of anilines is 2. The first-order valence-corrected chi connectivity index (χ1v) is 6.65. The standard InChI is InChI=1S/C10H11F3N2O2S/c11-10(12,13)18(16,17)15-5-1-2-7-6-8(14)3-4-9(7)15/h3-4,6H,1-2,5,14H2. The van der Waals surface area contributed by atoms with E-state index in [0.29, 0.717) is 28.4 Å². The van der Waals surface area contributed by atoms with E-state index in [1.807, 2.05) is 0 Å². The second kappa shape index (κ2) is 4.04. The molecule has 0 aliphatic carbocycles. The summed E-state index contributed by atoms with van der Waals surface area (Å²) < 4.78 is 60.9. The second-order valence-corrected chi connectivity index (χ2v) is 5.87. The third-order valence-electron chi connectivity index (χ3n) is 2.76. The minimum absolute atomic E-state index is 0.0628. The van der Waals surface area contributed by atoms with Crippen molar-refractivity contribution in [2.24, 2.45) is 0 Å². The fraction of sp³-hybridized carbons (Fsp3) is 0.400. The summed E-state index contributed by atoms with van der Waals surface area (Å²) in [4.78, 5) is 0. The minimum Gasteiger partial charge on any atom is -0.399 e. The van der Waals surface area contributed by atoms with Gasteiger partial charge in [-0.1, -0.05) is 0 Å². The van der Waals surface area contributed by atoms with Gasteiger partial charge in [0.05, 0.1) is 5.69 Å². The van der Waals surface area contributed by atoms with E-state index < -0.39 is 15.5 Å². The van der Waals surface area contributed by atoms with Gasteiger partial charge in [-0.2, -0.15) is 21.6 Å². The molecule has 18 heavy (non-hydrogen) atoms. The monoisotopic (exact) mass is 280 g/mol. The van der Waals surface area contributed by atoms with Crippen LogP contribution in [0.1, 0.15) is 12.0 Å². The smallest absolute Gasteiger partial charge is 0.399 e. The molecule has 0 saturated carbocycles. The van der Waals surface area contributed by atoms with E-state index in [2.05, 4.69) is 0 Å². The lowest BCUT2D eigenvalue weighted by Crippen LogP contribution is -2.43. The second-order valence-electron chi connectivity index (χ2n) is 4.01. The average Bonchev–Trinajstić information content (AvgIpc) is 2.26. The largest absolute Gasteiger partial charge is 0.516 e. The summed E-state index contributed by atoms with van der Waals surface area (Å²) in [6.07, 6.45) is 0.857. The summed E-state index contributed by atoms with van der Waals surface area (Å²) in [6, 6.07) is 4.21. The Bertz CT molecular complexity index is 569. The fourth-order valence-corrected chi connectivity index (χ4v) is 3.01. The molecule has 2 rings (SSSR count). The van der Waals surface area contributed by atoms with Crippen LogP contribution in [0.5, 0.6) is 0 Å². The van der Waals surface area contributed by atoms with Gasteiger partial charge in [0.25, 0.3) is 0 Å². The van der Waals surface area contributed by atoms with E-state index in [9.17, 15) is 21.6 Å². The number of hydrogen-bond acceptors (Lipinski definition) is 3. The molecule has 0 fully saturated rings. The van der Waals surface area contributed by atoms with Crippen LogP contribution in [0.25, 0.3) is 0 Å². The number of benzene rings is 1. The van der Waals surface area contributed by atoms with Gasteiger partial charge < -0.3 is 5.73 Å². The van der Waals surface area contributed by atoms with Gasteiger partial charge in [-0.05, 0) is 36.6 Å². The highest BCUT2D eigenvalue weighted by Gasteiger charge is 2.50. The quantitative estimate of drug-likeness (QED) is 0.799. The van der Waals surface area contributed by atoms with Crippen molar-refractivity contribution in [2.45, 2.75) is 18.3 Å². The predicted molar refractivity (Wildman–Crippen MR) is 61.5 cm³/mol. The topological polar surface area (TPSA) is 63.4 Å². The van der Waals surface area contributed by atoms with Crippen LogP contribution in [0.3, 0.4) is 0 Å². The fourth-order valence-electron chi connectivity index (χ4n) is 1.96. The third-order valence-corrected chi connectivity index (χ3v) is 4.31. The molecule has 0 radical (unpaired) electrons. The number of fused-ring (bicyclic) bond motifs is 1. The van der Waals surface area contributed by atoms with Gasteiger partial charge in [-0.25, -0.2) is 0 Å². The number of rotatable bonds is 1. The van der Waals surface area contributed by atoms with Crippen LogP contribution < -0.4 is 10.0 Å². The Labute approximate surface area is 102 Å². The van der Waals surface area contributed by atoms with Gasteiger partial charge in [0.2, 0.25) is 0 Å². The summed E-state index contributed by atoms with van der Waals surface area (Å²) in [7, 11) is -5.33. The molecule has 0 aromatic heterocycles. The van der Waals surface area contributed by atoms with Crippen molar-refractivity contribution >= 4 is 21.4 Å². The lowest BCUT2D eigenvalue weighted by molar-refractivity contribution is -0.0438. The lowest BCUT2D eigenvalue weighted by atomic mass is 10.0. The van der Waals surface area contributed by atoms with E-state index in [4.69, 9.17) is 5.73 Å². The zero-order valence-electron chi connectivity index (χ0n) is 9.24. The van der Waals surface area contributed by atoms with Crippen molar-refractivity contribution in [3.8, 4) is 0 Å². The van der Waals surface area contributed by atoms with Crippen molar-refractivity contribution in [3.05, 3.63) is 23.8 Å². The number of aryl methyl sites for hydroxylation is 1. The molecule has 0 spiro atoms. The molecule has 100 valence electrons. The first-order chi connectivity index (χ1) is 8.23. The average molecular weight is 280 g/mol. The summed E-state index contributed by atoms with van der Waals surface area (Å²) >= 11 is 0. The third kappa shape index (κ3) is 2.00. The van der Waals surface area contributed by atoms with Gasteiger partial charge in [-0.15, -0.1) is 0 Å². The van der Waals surface area contributed by atoms with Crippen LogP contribution >= 0.6 is 0 Å². The summed E-state index contributed by atoms with van der Waals surface area (Å²) in [5.74, 6) is 0. The molecule has 0 bridgehead atoms. The maximum absolute atomic E-state index is 12.5. The lowest BCUT2D eigenvalue weighted by Gasteiger charge is -2.31.